The molecule has 0 saturated carbocycles. The van der Waals surface area contributed by atoms with E-state index in [1.807, 2.05) is 12.1 Å². The molecule has 0 aliphatic carbocycles. The average Bonchev–Trinajstić information content (AvgIpc) is 2.49. The quantitative estimate of drug-likeness (QED) is 0.884. The van der Waals surface area contributed by atoms with Gasteiger partial charge >= 0.3 is 0 Å². The van der Waals surface area contributed by atoms with Gasteiger partial charge in [-0.3, -0.25) is 4.90 Å². The van der Waals surface area contributed by atoms with Crippen LogP contribution in [0.4, 0.5) is 0 Å². The van der Waals surface area contributed by atoms with Crippen molar-refractivity contribution in [3.8, 4) is 0 Å². The number of hydrogen-bond acceptors (Lipinski definition) is 3. The Labute approximate surface area is 125 Å². The number of aliphatic hydroxyl groups is 1. The molecule has 2 aromatic carbocycles. The van der Waals surface area contributed by atoms with E-state index < -0.39 is 0 Å². The molecular weight excluding hydrogens is 262 g/mol. The molecule has 3 nitrogen and oxygen atoms in total. The number of aliphatic hydroxyl groups excluding tert-OH is 1. The Kier molecular flexibility index (Phi) is 4.34. The van der Waals surface area contributed by atoms with Gasteiger partial charge in [-0.15, -0.1) is 0 Å². The molecule has 0 radical (unpaired) electrons. The number of nitrogens with zero attached hydrogens (tertiary/aromatic N) is 1. The van der Waals surface area contributed by atoms with Gasteiger partial charge < -0.3 is 9.84 Å². The lowest BCUT2D eigenvalue weighted by Crippen LogP contribution is -2.63. The summed E-state index contributed by atoms with van der Waals surface area (Å²) in [5, 5.41) is 9.84. The summed E-state index contributed by atoms with van der Waals surface area (Å²) in [4.78, 5) is 2.33. The minimum absolute atomic E-state index is 0.132. The van der Waals surface area contributed by atoms with Crippen LogP contribution in [0.2, 0.25) is 0 Å². The topological polar surface area (TPSA) is 32.7 Å². The summed E-state index contributed by atoms with van der Waals surface area (Å²) < 4.78 is 5.38. The van der Waals surface area contributed by atoms with Gasteiger partial charge in [0.1, 0.15) is 0 Å². The Bertz CT molecular complexity index is 505. The Balaban J connectivity index is 1.81. The van der Waals surface area contributed by atoms with Gasteiger partial charge in [0.15, 0.2) is 0 Å². The van der Waals surface area contributed by atoms with Crippen molar-refractivity contribution in [2.24, 2.45) is 0 Å². The van der Waals surface area contributed by atoms with E-state index in [1.165, 1.54) is 11.1 Å². The van der Waals surface area contributed by atoms with Crippen LogP contribution in [0.15, 0.2) is 60.7 Å². The predicted molar refractivity (Wildman–Crippen MR) is 82.8 cm³/mol. The van der Waals surface area contributed by atoms with Gasteiger partial charge in [0.25, 0.3) is 0 Å². The summed E-state index contributed by atoms with van der Waals surface area (Å²) in [6, 6.07) is 20.8. The van der Waals surface area contributed by atoms with Crippen LogP contribution in [0.5, 0.6) is 0 Å². The van der Waals surface area contributed by atoms with Gasteiger partial charge in [-0.1, -0.05) is 60.7 Å². The van der Waals surface area contributed by atoms with Crippen LogP contribution in [0.25, 0.3) is 0 Å². The van der Waals surface area contributed by atoms with Crippen LogP contribution in [0.3, 0.4) is 0 Å². The fourth-order valence-electron chi connectivity index (χ4n) is 2.71. The zero-order valence-electron chi connectivity index (χ0n) is 12.1. The Morgan fingerprint density at radius 1 is 0.857 bits per heavy atom. The molecule has 0 spiro atoms. The maximum atomic E-state index is 9.84. The minimum Gasteiger partial charge on any atom is -0.394 e. The van der Waals surface area contributed by atoms with Crippen LogP contribution in [0.1, 0.15) is 11.1 Å². The first kappa shape index (κ1) is 14.3. The van der Waals surface area contributed by atoms with E-state index in [1.54, 1.807) is 0 Å². The number of rotatable bonds is 6. The lowest BCUT2D eigenvalue weighted by Gasteiger charge is -2.48. The fraction of sp³-hybridized carbons (Fsp3) is 0.333. The third-order valence-corrected chi connectivity index (χ3v) is 4.14. The second kappa shape index (κ2) is 6.39. The predicted octanol–water partition coefficient (Wildman–Crippen LogP) is 2.45. The van der Waals surface area contributed by atoms with E-state index in [0.717, 1.165) is 13.1 Å². The molecule has 0 amide bonds. The summed E-state index contributed by atoms with van der Waals surface area (Å²) in [5.74, 6) is 0. The van der Waals surface area contributed by atoms with E-state index in [0.29, 0.717) is 13.2 Å². The molecule has 1 aliphatic heterocycles. The van der Waals surface area contributed by atoms with Gasteiger partial charge in [0, 0.05) is 13.1 Å². The van der Waals surface area contributed by atoms with Crippen LogP contribution in [0, 0.1) is 0 Å². The maximum absolute atomic E-state index is 9.84. The molecule has 3 rings (SSSR count). The van der Waals surface area contributed by atoms with Crippen molar-refractivity contribution in [1.29, 1.82) is 0 Å². The van der Waals surface area contributed by atoms with Crippen molar-refractivity contribution >= 4 is 0 Å². The van der Waals surface area contributed by atoms with E-state index in [4.69, 9.17) is 4.74 Å². The molecule has 1 fully saturated rings. The highest BCUT2D eigenvalue weighted by molar-refractivity contribution is 5.18. The number of benzene rings is 2. The summed E-state index contributed by atoms with van der Waals surface area (Å²) >= 11 is 0. The van der Waals surface area contributed by atoms with Crippen LogP contribution < -0.4 is 0 Å². The van der Waals surface area contributed by atoms with Crippen LogP contribution in [-0.4, -0.2) is 35.4 Å². The smallest absolute Gasteiger partial charge is 0.0917 e. The SMILES string of the molecule is OCC1(N(Cc2ccccc2)Cc2ccccc2)COC1. The molecule has 1 saturated heterocycles. The highest BCUT2D eigenvalue weighted by Crippen LogP contribution is 2.28. The Morgan fingerprint density at radius 3 is 1.67 bits per heavy atom. The second-order valence-electron chi connectivity index (χ2n) is 5.70. The highest BCUT2D eigenvalue weighted by Gasteiger charge is 2.43. The first-order valence-electron chi connectivity index (χ1n) is 7.34. The molecule has 1 N–H and O–H groups in total. The minimum atomic E-state index is -0.244. The van der Waals surface area contributed by atoms with Crippen molar-refractivity contribution in [1.82, 2.24) is 4.90 Å². The summed E-state index contributed by atoms with van der Waals surface area (Å²) in [5.41, 5.74) is 2.27. The fourth-order valence-corrected chi connectivity index (χ4v) is 2.71. The van der Waals surface area contributed by atoms with Crippen LogP contribution >= 0.6 is 0 Å². The molecule has 21 heavy (non-hydrogen) atoms. The first-order valence-corrected chi connectivity index (χ1v) is 7.34. The van der Waals surface area contributed by atoms with Crippen molar-refractivity contribution < 1.29 is 9.84 Å². The van der Waals surface area contributed by atoms with Crippen molar-refractivity contribution in [3.63, 3.8) is 0 Å². The van der Waals surface area contributed by atoms with Crippen molar-refractivity contribution in [2.45, 2.75) is 18.6 Å². The molecule has 2 aromatic rings. The standard InChI is InChI=1S/C18H21NO2/c20-13-18(14-21-15-18)19(11-16-7-3-1-4-8-16)12-17-9-5-2-6-10-17/h1-10,20H,11-15H2. The summed E-state index contributed by atoms with van der Waals surface area (Å²) in [6.07, 6.45) is 0. The molecule has 3 heteroatoms. The zero-order chi connectivity index (χ0) is 14.5. The molecule has 0 atom stereocenters. The molecule has 0 aromatic heterocycles. The third-order valence-electron chi connectivity index (χ3n) is 4.14. The third kappa shape index (κ3) is 3.16. The number of ether oxygens (including phenoxy) is 1. The average molecular weight is 283 g/mol. The van der Waals surface area contributed by atoms with Crippen molar-refractivity contribution in [3.05, 3.63) is 71.8 Å². The highest BCUT2D eigenvalue weighted by atomic mass is 16.5. The Morgan fingerprint density at radius 2 is 1.33 bits per heavy atom. The van der Waals surface area contributed by atoms with Crippen LogP contribution in [-0.2, 0) is 17.8 Å². The molecule has 0 unspecified atom stereocenters. The van der Waals surface area contributed by atoms with Gasteiger partial charge in [-0.25, -0.2) is 0 Å². The van der Waals surface area contributed by atoms with E-state index in [9.17, 15) is 5.11 Å². The molecule has 1 heterocycles. The maximum Gasteiger partial charge on any atom is 0.0917 e. The monoisotopic (exact) mass is 283 g/mol. The molecule has 0 bridgehead atoms. The van der Waals surface area contributed by atoms with E-state index in [-0.39, 0.29) is 12.1 Å². The lowest BCUT2D eigenvalue weighted by atomic mass is 9.94. The molecule has 1 aliphatic rings. The van der Waals surface area contributed by atoms with Gasteiger partial charge in [-0.2, -0.15) is 0 Å². The van der Waals surface area contributed by atoms with Gasteiger partial charge in [0.2, 0.25) is 0 Å². The Hall–Kier alpha value is -1.68. The van der Waals surface area contributed by atoms with Gasteiger partial charge in [0.05, 0.1) is 25.4 Å². The zero-order valence-corrected chi connectivity index (χ0v) is 12.1. The van der Waals surface area contributed by atoms with E-state index >= 15 is 0 Å². The summed E-state index contributed by atoms with van der Waals surface area (Å²) in [6.45, 7) is 2.97. The van der Waals surface area contributed by atoms with Crippen molar-refractivity contribution in [2.75, 3.05) is 19.8 Å². The van der Waals surface area contributed by atoms with E-state index in [2.05, 4.69) is 53.4 Å². The molecule has 110 valence electrons. The largest absolute Gasteiger partial charge is 0.394 e. The first-order chi connectivity index (χ1) is 10.3. The normalized spacial score (nSPS) is 16.7. The lowest BCUT2D eigenvalue weighted by molar-refractivity contribution is -0.166. The van der Waals surface area contributed by atoms with Gasteiger partial charge in [-0.05, 0) is 11.1 Å². The second-order valence-corrected chi connectivity index (χ2v) is 5.70. The summed E-state index contributed by atoms with van der Waals surface area (Å²) in [7, 11) is 0. The number of hydrogen-bond donors (Lipinski definition) is 1. The molecular formula is C18H21NO2.